The second-order valence-electron chi connectivity index (χ2n) is 7.52. The van der Waals surface area contributed by atoms with Crippen LogP contribution in [0, 0.1) is 5.41 Å². The number of ketones is 1. The lowest BCUT2D eigenvalue weighted by Gasteiger charge is -2.34. The van der Waals surface area contributed by atoms with Crippen molar-refractivity contribution in [2.75, 3.05) is 17.3 Å². The van der Waals surface area contributed by atoms with E-state index in [4.69, 9.17) is 0 Å². The molecule has 0 N–H and O–H groups in total. The van der Waals surface area contributed by atoms with E-state index in [1.54, 1.807) is 0 Å². The minimum absolute atomic E-state index is 0.121. The lowest BCUT2D eigenvalue weighted by Crippen LogP contribution is -2.63. The first-order chi connectivity index (χ1) is 13.0. The molecule has 0 aromatic heterocycles. The Bertz CT molecular complexity index is 692. The van der Waals surface area contributed by atoms with E-state index in [9.17, 15) is 57.3 Å². The highest BCUT2D eigenvalue weighted by molar-refractivity contribution is 7.97. The highest BCUT2D eigenvalue weighted by Crippen LogP contribution is 2.54. The molecule has 1 aliphatic heterocycles. The van der Waals surface area contributed by atoms with Gasteiger partial charge in [-0.2, -0.15) is 39.5 Å². The monoisotopic (exact) mass is 500 g/mol. The fraction of sp³-hybridized carbons (Fsp3) is 0.933. The smallest absolute Gasteiger partial charge is 0.460 e. The Morgan fingerprint density at radius 2 is 1.23 bits per heavy atom. The molecule has 30 heavy (non-hydrogen) atoms. The van der Waals surface area contributed by atoms with Crippen LogP contribution in [0.25, 0.3) is 0 Å². The second kappa shape index (κ2) is 9.43. The van der Waals surface area contributed by atoms with Crippen molar-refractivity contribution in [1.29, 1.82) is 0 Å². The van der Waals surface area contributed by atoms with Crippen LogP contribution in [-0.4, -0.2) is 59.3 Å². The summed E-state index contributed by atoms with van der Waals surface area (Å²) in [6, 6.07) is 0. The molecule has 0 amide bonds. The second-order valence-corrected chi connectivity index (χ2v) is 11.3. The van der Waals surface area contributed by atoms with Gasteiger partial charge < -0.3 is 4.55 Å². The quantitative estimate of drug-likeness (QED) is 0.320. The van der Waals surface area contributed by atoms with Gasteiger partial charge in [-0.25, -0.2) is 8.42 Å². The summed E-state index contributed by atoms with van der Waals surface area (Å²) in [6.45, 7) is 6.09. The first kappa shape index (κ1) is 29.3. The molecular formula is C15H21F9O4S2. The molecule has 15 heteroatoms. The number of carbonyl (C=O) groups is 1. The van der Waals surface area contributed by atoms with Crippen LogP contribution >= 0.6 is 0 Å². The van der Waals surface area contributed by atoms with Crippen LogP contribution < -0.4 is 0 Å². The van der Waals surface area contributed by atoms with E-state index in [1.807, 2.05) is 20.8 Å². The molecule has 1 heterocycles. The summed E-state index contributed by atoms with van der Waals surface area (Å²) in [5.41, 5.74) is -0.121. The largest absolute Gasteiger partial charge is 0.743 e. The number of carbonyl (C=O) groups excluding carboxylic acids is 1. The summed E-state index contributed by atoms with van der Waals surface area (Å²) in [4.78, 5) is 11.7. The Morgan fingerprint density at radius 3 is 1.53 bits per heavy atom. The third-order valence-electron chi connectivity index (χ3n) is 3.97. The van der Waals surface area contributed by atoms with Crippen molar-refractivity contribution in [2.24, 2.45) is 5.41 Å². The fourth-order valence-corrected chi connectivity index (χ4v) is 4.92. The molecule has 1 fully saturated rings. The summed E-state index contributed by atoms with van der Waals surface area (Å²) in [6.07, 6.45) is -3.08. The number of Topliss-reactive ketones (excluding diaryl/α,β-unsaturated/α-hetero) is 1. The minimum atomic E-state index is -7.43. The van der Waals surface area contributed by atoms with Crippen molar-refractivity contribution in [2.45, 2.75) is 63.3 Å². The minimum Gasteiger partial charge on any atom is -0.743 e. The maximum absolute atomic E-state index is 12.2. The van der Waals surface area contributed by atoms with Crippen LogP contribution in [0.5, 0.6) is 0 Å². The van der Waals surface area contributed by atoms with Gasteiger partial charge in [-0.3, -0.25) is 4.79 Å². The zero-order valence-corrected chi connectivity index (χ0v) is 17.7. The summed E-state index contributed by atoms with van der Waals surface area (Å²) < 4.78 is 135. The lowest BCUT2D eigenvalue weighted by molar-refractivity contribution is -0.382. The molecule has 180 valence electrons. The standard InChI is InChI=1S/C11H21OS.C4HF9O3S/c1-11(2,3)10(12)9-13-7-5-4-6-8-13;5-1(6,3(9,10)11)2(7,8)4(12,13)17(14,15)16/h4-9H2,1-3H3;(H,14,15,16)/q+1;/p-1. The van der Waals surface area contributed by atoms with Crippen LogP contribution in [0.15, 0.2) is 0 Å². The molecule has 1 rings (SSSR count). The Kier molecular flexibility index (Phi) is 9.21. The number of alkyl halides is 9. The summed E-state index contributed by atoms with van der Waals surface area (Å²) in [5, 5.41) is -7.11. The van der Waals surface area contributed by atoms with Gasteiger partial charge in [-0.15, -0.1) is 0 Å². The number of hydrogen-bond donors (Lipinski definition) is 0. The molecule has 0 aromatic rings. The predicted molar refractivity (Wildman–Crippen MR) is 90.9 cm³/mol. The molecule has 4 nitrogen and oxygen atoms in total. The molecule has 0 spiro atoms. The van der Waals surface area contributed by atoms with Gasteiger partial charge in [0.25, 0.3) is 0 Å². The zero-order valence-electron chi connectivity index (χ0n) is 16.1. The van der Waals surface area contributed by atoms with Gasteiger partial charge in [0.2, 0.25) is 0 Å². The molecule has 0 unspecified atom stereocenters. The lowest BCUT2D eigenvalue weighted by atomic mass is 9.92. The molecule has 0 aliphatic carbocycles. The third kappa shape index (κ3) is 6.65. The molecule has 0 bridgehead atoms. The number of hydrogen-bond acceptors (Lipinski definition) is 4. The Balaban J connectivity index is 0.000000579. The van der Waals surface area contributed by atoms with Crippen molar-refractivity contribution < 1.29 is 57.3 Å². The van der Waals surface area contributed by atoms with Crippen molar-refractivity contribution in [1.82, 2.24) is 0 Å². The van der Waals surface area contributed by atoms with Gasteiger partial charge in [-0.1, -0.05) is 20.8 Å². The fourth-order valence-electron chi connectivity index (χ4n) is 1.96. The highest BCUT2D eigenvalue weighted by Gasteiger charge is 2.83. The van der Waals surface area contributed by atoms with E-state index in [0.717, 1.165) is 5.75 Å². The zero-order chi connectivity index (χ0) is 24.4. The third-order valence-corrected chi connectivity index (χ3v) is 7.25. The topological polar surface area (TPSA) is 74.3 Å². The van der Waals surface area contributed by atoms with Crippen LogP contribution in [0.1, 0.15) is 40.0 Å². The van der Waals surface area contributed by atoms with Gasteiger partial charge >= 0.3 is 23.3 Å². The molecule has 0 radical (unpaired) electrons. The van der Waals surface area contributed by atoms with Gasteiger partial charge in [0.05, 0.1) is 0 Å². The van der Waals surface area contributed by atoms with Crippen LogP contribution in [-0.2, 0) is 25.8 Å². The van der Waals surface area contributed by atoms with E-state index in [-0.39, 0.29) is 5.41 Å². The van der Waals surface area contributed by atoms with Gasteiger partial charge in [0.1, 0.15) is 11.5 Å². The summed E-state index contributed by atoms with van der Waals surface area (Å²) in [7, 11) is -6.99. The van der Waals surface area contributed by atoms with Crippen molar-refractivity contribution >= 4 is 26.8 Å². The van der Waals surface area contributed by atoms with E-state index in [0.29, 0.717) is 16.7 Å². The molecule has 0 saturated carbocycles. The SMILES string of the molecule is CC(C)(C)C(=O)C[S+]1CCCCC1.O=S(=O)([O-])C(F)(F)C(F)(F)C(F)(F)C(F)(F)F. The van der Waals surface area contributed by atoms with E-state index in [2.05, 4.69) is 0 Å². The normalized spacial score (nSPS) is 17.9. The maximum atomic E-state index is 12.2. The molecular weight excluding hydrogens is 479 g/mol. The number of halogens is 9. The van der Waals surface area contributed by atoms with Crippen molar-refractivity contribution in [3.8, 4) is 0 Å². The Labute approximate surface area is 170 Å². The summed E-state index contributed by atoms with van der Waals surface area (Å²) in [5.74, 6) is -10.9. The first-order valence-corrected chi connectivity index (χ1v) is 11.5. The predicted octanol–water partition coefficient (Wildman–Crippen LogP) is 4.36. The van der Waals surface area contributed by atoms with Gasteiger partial charge in [0, 0.05) is 5.41 Å². The van der Waals surface area contributed by atoms with Crippen LogP contribution in [0.2, 0.25) is 0 Å². The number of rotatable bonds is 5. The van der Waals surface area contributed by atoms with Crippen molar-refractivity contribution in [3.05, 3.63) is 0 Å². The Morgan fingerprint density at radius 1 is 0.833 bits per heavy atom. The maximum Gasteiger partial charge on any atom is 0.460 e. The first-order valence-electron chi connectivity index (χ1n) is 8.33. The average molecular weight is 500 g/mol. The highest BCUT2D eigenvalue weighted by atomic mass is 32.2. The summed E-state index contributed by atoms with van der Waals surface area (Å²) >= 11 is 0. The van der Waals surface area contributed by atoms with Crippen LogP contribution in [0.3, 0.4) is 0 Å². The average Bonchev–Trinajstić information content (AvgIpc) is 2.53. The molecule has 1 saturated heterocycles. The Hall–Kier alpha value is -0.700. The molecule has 0 atom stereocenters. The van der Waals surface area contributed by atoms with Crippen molar-refractivity contribution in [3.63, 3.8) is 0 Å². The molecule has 1 aliphatic rings. The van der Waals surface area contributed by atoms with Crippen LogP contribution in [0.4, 0.5) is 39.5 Å². The van der Waals surface area contributed by atoms with E-state index < -0.39 is 33.4 Å². The van der Waals surface area contributed by atoms with Gasteiger partial charge in [-0.05, 0) is 30.2 Å². The van der Waals surface area contributed by atoms with Gasteiger partial charge in [0.15, 0.2) is 21.7 Å². The van der Waals surface area contributed by atoms with E-state index in [1.165, 1.54) is 30.8 Å². The van der Waals surface area contributed by atoms with E-state index >= 15 is 0 Å². The molecule has 0 aromatic carbocycles.